The van der Waals surface area contributed by atoms with Gasteiger partial charge < -0.3 is 9.57 Å². The van der Waals surface area contributed by atoms with E-state index in [9.17, 15) is 0 Å². The van der Waals surface area contributed by atoms with Gasteiger partial charge in [-0.1, -0.05) is 0 Å². The highest BCUT2D eigenvalue weighted by Crippen LogP contribution is 2.37. The molecule has 0 fully saturated rings. The molecule has 0 radical (unpaired) electrons. The van der Waals surface area contributed by atoms with Gasteiger partial charge in [-0.3, -0.25) is 0 Å². The van der Waals surface area contributed by atoms with Gasteiger partial charge in [0, 0.05) is 9.13 Å². The normalized spacial score (nSPS) is 24.5. The molecule has 0 aliphatic carbocycles. The van der Waals surface area contributed by atoms with Crippen LogP contribution in [-0.2, 0) is 4.84 Å². The summed E-state index contributed by atoms with van der Waals surface area (Å²) in [4.78, 5) is 4.96. The molecule has 0 saturated carbocycles. The Bertz CT molecular complexity index is 343. The van der Waals surface area contributed by atoms with Gasteiger partial charge in [0.25, 0.3) is 0 Å². The van der Waals surface area contributed by atoms with Crippen LogP contribution in [0.2, 0.25) is 0 Å². The van der Waals surface area contributed by atoms with Crippen molar-refractivity contribution < 1.29 is 9.57 Å². The van der Waals surface area contributed by atoms with E-state index in [1.165, 1.54) is 9.13 Å². The molecule has 0 spiro atoms. The first-order valence-corrected chi connectivity index (χ1v) is 5.55. The third-order valence-electron chi connectivity index (χ3n) is 2.33. The molecule has 0 amide bonds. The minimum Gasteiger partial charge on any atom is -0.488 e. The molecule has 3 nitrogen and oxygen atoms in total. The maximum atomic E-state index is 5.68. The van der Waals surface area contributed by atoms with Gasteiger partial charge in [0.05, 0.1) is 13.2 Å². The van der Waals surface area contributed by atoms with Crippen LogP contribution in [0.15, 0.2) is 18.2 Å². The Labute approximate surface area is 96.9 Å². The fourth-order valence-corrected chi connectivity index (χ4v) is 2.19. The average molecular weight is 305 g/mol. The lowest BCUT2D eigenvalue weighted by Crippen LogP contribution is -2.27. The monoisotopic (exact) mass is 305 g/mol. The largest absolute Gasteiger partial charge is 0.488 e. The van der Waals surface area contributed by atoms with E-state index < -0.39 is 0 Å². The Kier molecular flexibility index (Phi) is 2.94. The predicted molar refractivity (Wildman–Crippen MR) is 62.1 cm³/mol. The molecule has 1 heterocycles. The van der Waals surface area contributed by atoms with E-state index in [2.05, 4.69) is 34.1 Å². The summed E-state index contributed by atoms with van der Waals surface area (Å²) in [7, 11) is 1.62. The minimum absolute atomic E-state index is 0.114. The highest BCUT2D eigenvalue weighted by Gasteiger charge is 2.31. The highest BCUT2D eigenvalue weighted by molar-refractivity contribution is 14.1. The zero-order valence-corrected chi connectivity index (χ0v) is 10.2. The van der Waals surface area contributed by atoms with Crippen LogP contribution in [-0.4, -0.2) is 13.2 Å². The number of nitrogens with one attached hydrogen (secondary N) is 1. The fourth-order valence-electron chi connectivity index (χ4n) is 1.68. The zero-order valence-electron chi connectivity index (χ0n) is 8.08. The summed E-state index contributed by atoms with van der Waals surface area (Å²) in [5, 5.41) is 0. The predicted octanol–water partition coefficient (Wildman–Crippen LogP) is 2.26. The Morgan fingerprint density at radius 2 is 2.29 bits per heavy atom. The van der Waals surface area contributed by atoms with Gasteiger partial charge in [-0.2, -0.15) is 5.48 Å². The van der Waals surface area contributed by atoms with Crippen molar-refractivity contribution >= 4 is 22.6 Å². The van der Waals surface area contributed by atoms with Crippen LogP contribution < -0.4 is 10.2 Å². The van der Waals surface area contributed by atoms with E-state index in [1.807, 2.05) is 19.1 Å². The molecule has 4 heteroatoms. The molecule has 1 aliphatic rings. The van der Waals surface area contributed by atoms with Gasteiger partial charge in [-0.05, 0) is 47.7 Å². The molecule has 76 valence electrons. The topological polar surface area (TPSA) is 30.5 Å². The second kappa shape index (κ2) is 4.04. The van der Waals surface area contributed by atoms with E-state index >= 15 is 0 Å². The fraction of sp³-hybridized carbons (Fsp3) is 0.400. The molecular weight excluding hydrogens is 293 g/mol. The number of halogens is 1. The zero-order chi connectivity index (χ0) is 10.1. The van der Waals surface area contributed by atoms with Crippen molar-refractivity contribution in [3.05, 3.63) is 27.3 Å². The summed E-state index contributed by atoms with van der Waals surface area (Å²) in [6.07, 6.45) is 0.114. The SMILES string of the molecule is CONC1c2cc(I)ccc2OC1C. The molecule has 1 aromatic rings. The second-order valence-electron chi connectivity index (χ2n) is 3.30. The van der Waals surface area contributed by atoms with Gasteiger partial charge in [-0.25, -0.2) is 0 Å². The van der Waals surface area contributed by atoms with Gasteiger partial charge in [0.15, 0.2) is 0 Å². The average Bonchev–Trinajstić information content (AvgIpc) is 2.45. The van der Waals surface area contributed by atoms with Crippen LogP contribution in [0.3, 0.4) is 0 Å². The van der Waals surface area contributed by atoms with Crippen LogP contribution in [0.1, 0.15) is 18.5 Å². The molecule has 0 aromatic heterocycles. The van der Waals surface area contributed by atoms with Crippen LogP contribution in [0.25, 0.3) is 0 Å². The van der Waals surface area contributed by atoms with Gasteiger partial charge >= 0.3 is 0 Å². The summed E-state index contributed by atoms with van der Waals surface area (Å²) in [5.41, 5.74) is 4.12. The Morgan fingerprint density at radius 3 is 3.00 bits per heavy atom. The number of rotatable bonds is 2. The number of fused-ring (bicyclic) bond motifs is 1. The van der Waals surface area contributed by atoms with Crippen LogP contribution in [0.4, 0.5) is 0 Å². The van der Waals surface area contributed by atoms with Crippen molar-refractivity contribution in [2.24, 2.45) is 0 Å². The van der Waals surface area contributed by atoms with Crippen molar-refractivity contribution in [3.8, 4) is 5.75 Å². The minimum atomic E-state index is 0.114. The van der Waals surface area contributed by atoms with E-state index in [1.54, 1.807) is 7.11 Å². The number of hydrogen-bond acceptors (Lipinski definition) is 3. The summed E-state index contributed by atoms with van der Waals surface area (Å²) in [5.74, 6) is 0.951. The third-order valence-corrected chi connectivity index (χ3v) is 3.00. The summed E-state index contributed by atoms with van der Waals surface area (Å²) in [6, 6.07) is 6.30. The molecule has 1 aromatic carbocycles. The van der Waals surface area contributed by atoms with Crippen LogP contribution in [0, 0.1) is 3.57 Å². The molecule has 2 atom stereocenters. The Balaban J connectivity index is 2.34. The molecule has 1 N–H and O–H groups in total. The lowest BCUT2D eigenvalue weighted by molar-refractivity contribution is 0.0339. The van der Waals surface area contributed by atoms with Crippen molar-refractivity contribution in [3.63, 3.8) is 0 Å². The van der Waals surface area contributed by atoms with E-state index in [4.69, 9.17) is 9.57 Å². The highest BCUT2D eigenvalue weighted by atomic mass is 127. The Hall–Kier alpha value is -0.330. The quantitative estimate of drug-likeness (QED) is 0.671. The summed E-state index contributed by atoms with van der Waals surface area (Å²) >= 11 is 2.29. The number of hydroxylamine groups is 1. The number of ether oxygens (including phenoxy) is 1. The first-order valence-electron chi connectivity index (χ1n) is 4.47. The van der Waals surface area contributed by atoms with Crippen molar-refractivity contribution in [2.75, 3.05) is 7.11 Å². The second-order valence-corrected chi connectivity index (χ2v) is 4.55. The first kappa shape index (κ1) is 10.2. The molecule has 14 heavy (non-hydrogen) atoms. The smallest absolute Gasteiger partial charge is 0.124 e. The number of hydrogen-bond donors (Lipinski definition) is 1. The Morgan fingerprint density at radius 1 is 1.50 bits per heavy atom. The maximum absolute atomic E-state index is 5.68. The lowest BCUT2D eigenvalue weighted by Gasteiger charge is -2.14. The maximum Gasteiger partial charge on any atom is 0.124 e. The number of benzene rings is 1. The van der Waals surface area contributed by atoms with Gasteiger partial charge in [-0.15, -0.1) is 0 Å². The van der Waals surface area contributed by atoms with Gasteiger partial charge in [0.1, 0.15) is 11.9 Å². The molecule has 2 rings (SSSR count). The van der Waals surface area contributed by atoms with E-state index in [0.717, 1.165) is 5.75 Å². The van der Waals surface area contributed by atoms with Crippen molar-refractivity contribution in [2.45, 2.75) is 19.1 Å². The van der Waals surface area contributed by atoms with Crippen molar-refractivity contribution in [1.29, 1.82) is 0 Å². The van der Waals surface area contributed by atoms with Crippen LogP contribution in [0.5, 0.6) is 5.75 Å². The third kappa shape index (κ3) is 1.74. The van der Waals surface area contributed by atoms with E-state index in [0.29, 0.717) is 0 Å². The molecule has 0 saturated heterocycles. The standard InChI is InChI=1S/C10H12INO2/c1-6-10(12-13-2)8-5-7(11)3-4-9(8)14-6/h3-6,10,12H,1-2H3. The van der Waals surface area contributed by atoms with E-state index in [-0.39, 0.29) is 12.1 Å². The first-order chi connectivity index (χ1) is 6.72. The summed E-state index contributed by atoms with van der Waals surface area (Å²) < 4.78 is 6.89. The lowest BCUT2D eigenvalue weighted by atomic mass is 10.1. The van der Waals surface area contributed by atoms with Crippen LogP contribution >= 0.6 is 22.6 Å². The summed E-state index contributed by atoms with van der Waals surface area (Å²) in [6.45, 7) is 2.03. The van der Waals surface area contributed by atoms with Crippen molar-refractivity contribution in [1.82, 2.24) is 5.48 Å². The molecule has 2 unspecified atom stereocenters. The van der Waals surface area contributed by atoms with Gasteiger partial charge in [0.2, 0.25) is 0 Å². The molecule has 0 bridgehead atoms. The molecular formula is C10H12INO2. The molecule has 1 aliphatic heterocycles.